The fourth-order valence-corrected chi connectivity index (χ4v) is 11.3. The normalized spacial score (nSPS) is 12.4. The minimum atomic E-state index is 1.25. The van der Waals surface area contributed by atoms with Crippen molar-refractivity contribution in [1.29, 1.82) is 0 Å². The predicted octanol–water partition coefficient (Wildman–Crippen LogP) is 16.0. The lowest BCUT2D eigenvalue weighted by Gasteiger charge is -2.19. The molecule has 0 bridgehead atoms. The number of benzene rings is 10. The zero-order valence-electron chi connectivity index (χ0n) is 29.7. The van der Waals surface area contributed by atoms with Gasteiger partial charge in [-0.1, -0.05) is 164 Å². The average Bonchev–Trinajstić information content (AvgIpc) is 3.90. The van der Waals surface area contributed by atoms with Gasteiger partial charge in [0.1, 0.15) is 0 Å². The van der Waals surface area contributed by atoms with E-state index in [1.54, 1.807) is 0 Å². The molecule has 1 aromatic heterocycles. The van der Waals surface area contributed by atoms with Crippen molar-refractivity contribution in [3.05, 3.63) is 182 Å². The zero-order valence-corrected chi connectivity index (χ0v) is 30.5. The minimum Gasteiger partial charge on any atom is -0.135 e. The van der Waals surface area contributed by atoms with E-state index in [4.69, 9.17) is 0 Å². The smallest absolute Gasteiger partial charge is 0.0361 e. The molecule has 0 atom stereocenters. The van der Waals surface area contributed by atoms with Crippen molar-refractivity contribution in [3.8, 4) is 33.4 Å². The second kappa shape index (κ2) is 10.9. The summed E-state index contributed by atoms with van der Waals surface area (Å²) in [4.78, 5) is 0. The second-order valence-corrected chi connectivity index (χ2v) is 16.1. The molecular weight excluding hydrogens is 681 g/mol. The first-order chi connectivity index (χ1) is 27.3. The van der Waals surface area contributed by atoms with Crippen molar-refractivity contribution in [3.63, 3.8) is 0 Å². The van der Waals surface area contributed by atoms with Crippen molar-refractivity contribution < 1.29 is 0 Å². The highest BCUT2D eigenvalue weighted by atomic mass is 32.1. The van der Waals surface area contributed by atoms with Crippen LogP contribution in [0.2, 0.25) is 0 Å². The Bertz CT molecular complexity index is 3680. The fraction of sp³-hybridized carbons (Fsp3) is 0. The Kier molecular flexibility index (Phi) is 5.86. The fourth-order valence-electron chi connectivity index (χ4n) is 10.2. The topological polar surface area (TPSA) is 0 Å². The molecule has 1 heteroatoms. The molecule has 55 heavy (non-hydrogen) atoms. The molecule has 0 N–H and O–H groups in total. The molecule has 0 amide bonds. The summed E-state index contributed by atoms with van der Waals surface area (Å²) in [6.45, 7) is 0. The molecular formula is C54H30S. The van der Waals surface area contributed by atoms with Gasteiger partial charge in [0.2, 0.25) is 0 Å². The lowest BCUT2D eigenvalue weighted by Crippen LogP contribution is -1.91. The lowest BCUT2D eigenvalue weighted by atomic mass is 9.84. The molecule has 0 radical (unpaired) electrons. The molecule has 0 nitrogen and oxygen atoms in total. The van der Waals surface area contributed by atoms with E-state index in [1.807, 2.05) is 11.3 Å². The van der Waals surface area contributed by atoms with E-state index >= 15 is 0 Å². The highest BCUT2D eigenvalue weighted by Crippen LogP contribution is 2.55. The van der Waals surface area contributed by atoms with Gasteiger partial charge in [0.05, 0.1) is 0 Å². The molecule has 13 aromatic rings. The van der Waals surface area contributed by atoms with Gasteiger partial charge >= 0.3 is 0 Å². The van der Waals surface area contributed by atoms with E-state index in [0.717, 1.165) is 0 Å². The number of hydrogen-bond donors (Lipinski definition) is 0. The standard InChI is InChI=1S/C54H30S/c1-3-13-31(14-4-1)48-45-30-44-36-18-8-7-17-35(36)40-21-12-22-41(51(40)44)52(45)49(32-15-5-2-6-16-32)54-43-28-27-34(39-20-11-23-42(50(39)43)53(48)54)33-25-26-38-37-19-9-10-24-46(37)55-47(38)29-33/h1-30H. The quantitative estimate of drug-likeness (QED) is 0.160. The van der Waals surface area contributed by atoms with Gasteiger partial charge < -0.3 is 0 Å². The summed E-state index contributed by atoms with van der Waals surface area (Å²) >= 11 is 1.89. The van der Waals surface area contributed by atoms with Crippen LogP contribution in [0.5, 0.6) is 0 Å². The number of hydrogen-bond acceptors (Lipinski definition) is 1. The van der Waals surface area contributed by atoms with Crippen LogP contribution in [0.25, 0.3) is 129 Å². The van der Waals surface area contributed by atoms with Gasteiger partial charge in [0.25, 0.3) is 0 Å². The van der Waals surface area contributed by atoms with Crippen LogP contribution < -0.4 is 0 Å². The van der Waals surface area contributed by atoms with Gasteiger partial charge in [-0.2, -0.15) is 0 Å². The molecule has 1 heterocycles. The van der Waals surface area contributed by atoms with Crippen LogP contribution >= 0.6 is 11.3 Å². The third kappa shape index (κ3) is 3.90. The molecule has 0 aliphatic carbocycles. The van der Waals surface area contributed by atoms with Gasteiger partial charge in [-0.15, -0.1) is 11.3 Å². The molecule has 0 unspecified atom stereocenters. The molecule has 0 fully saturated rings. The van der Waals surface area contributed by atoms with Gasteiger partial charge in [0.15, 0.2) is 0 Å². The summed E-state index contributed by atoms with van der Waals surface area (Å²) < 4.78 is 2.67. The molecule has 0 saturated heterocycles. The lowest BCUT2D eigenvalue weighted by molar-refractivity contribution is 1.68. The molecule has 0 spiro atoms. The first-order valence-corrected chi connectivity index (χ1v) is 19.9. The Morgan fingerprint density at radius 2 is 0.764 bits per heavy atom. The minimum absolute atomic E-state index is 1.25. The summed E-state index contributed by atoms with van der Waals surface area (Å²) in [7, 11) is 0. The van der Waals surface area contributed by atoms with Crippen LogP contribution in [-0.2, 0) is 0 Å². The molecule has 13 rings (SSSR count). The number of thiophene rings is 1. The maximum atomic E-state index is 2.52. The SMILES string of the molecule is c1ccc(-c2c3cc4c5ccccc5c5cccc(c3c(-c3ccccc3)c3c6ccc(-c7ccc8c(c7)sc7ccccc78)c7cccc(c23)c76)c54)cc1. The molecule has 0 aliphatic heterocycles. The third-order valence-corrected chi connectivity index (χ3v) is 13.5. The summed E-state index contributed by atoms with van der Waals surface area (Å²) in [5, 5.41) is 21.3. The van der Waals surface area contributed by atoms with Gasteiger partial charge in [0, 0.05) is 20.2 Å². The van der Waals surface area contributed by atoms with E-state index in [0.29, 0.717) is 0 Å². The van der Waals surface area contributed by atoms with Gasteiger partial charge in [-0.3, -0.25) is 0 Å². The van der Waals surface area contributed by atoms with Crippen molar-refractivity contribution in [1.82, 2.24) is 0 Å². The number of rotatable bonds is 3. The zero-order chi connectivity index (χ0) is 35.8. The first-order valence-electron chi connectivity index (χ1n) is 19.1. The summed E-state index contributed by atoms with van der Waals surface area (Å²) in [5.74, 6) is 0. The Morgan fingerprint density at radius 1 is 0.236 bits per heavy atom. The van der Waals surface area contributed by atoms with E-state index in [2.05, 4.69) is 182 Å². The molecule has 12 aromatic carbocycles. The first kappa shape index (κ1) is 29.6. The summed E-state index contributed by atoms with van der Waals surface area (Å²) in [6.07, 6.45) is 0. The maximum Gasteiger partial charge on any atom is 0.0361 e. The molecule has 252 valence electrons. The summed E-state index contributed by atoms with van der Waals surface area (Å²) in [5.41, 5.74) is 7.68. The monoisotopic (exact) mass is 710 g/mol. The van der Waals surface area contributed by atoms with Gasteiger partial charge in [-0.25, -0.2) is 0 Å². The van der Waals surface area contributed by atoms with Crippen molar-refractivity contribution in [2.45, 2.75) is 0 Å². The van der Waals surface area contributed by atoms with E-state index in [1.165, 1.54) is 129 Å². The van der Waals surface area contributed by atoms with E-state index < -0.39 is 0 Å². The second-order valence-electron chi connectivity index (χ2n) is 15.1. The Morgan fingerprint density at radius 3 is 1.55 bits per heavy atom. The highest BCUT2D eigenvalue weighted by Gasteiger charge is 2.27. The van der Waals surface area contributed by atoms with Crippen LogP contribution in [0.3, 0.4) is 0 Å². The van der Waals surface area contributed by atoms with Crippen LogP contribution in [0.1, 0.15) is 0 Å². The average molecular weight is 711 g/mol. The Balaban J connectivity index is 1.25. The highest BCUT2D eigenvalue weighted by molar-refractivity contribution is 7.25. The third-order valence-electron chi connectivity index (χ3n) is 12.3. The van der Waals surface area contributed by atoms with Crippen LogP contribution in [0, 0.1) is 0 Å². The van der Waals surface area contributed by atoms with Crippen molar-refractivity contribution >= 4 is 107 Å². The maximum absolute atomic E-state index is 2.52. The summed E-state index contributed by atoms with van der Waals surface area (Å²) in [6, 6.07) is 68.3. The molecule has 0 aliphatic rings. The van der Waals surface area contributed by atoms with Gasteiger partial charge in [-0.05, 0) is 127 Å². The van der Waals surface area contributed by atoms with Crippen molar-refractivity contribution in [2.24, 2.45) is 0 Å². The van der Waals surface area contributed by atoms with Crippen LogP contribution in [-0.4, -0.2) is 0 Å². The number of fused-ring (bicyclic) bond motifs is 11. The predicted molar refractivity (Wildman–Crippen MR) is 241 cm³/mol. The largest absolute Gasteiger partial charge is 0.135 e. The van der Waals surface area contributed by atoms with E-state index in [-0.39, 0.29) is 0 Å². The Labute approximate surface area is 320 Å². The van der Waals surface area contributed by atoms with E-state index in [9.17, 15) is 0 Å². The Hall–Kier alpha value is -6.80. The van der Waals surface area contributed by atoms with Crippen LogP contribution in [0.4, 0.5) is 0 Å². The van der Waals surface area contributed by atoms with Crippen LogP contribution in [0.15, 0.2) is 182 Å². The molecule has 0 saturated carbocycles. The van der Waals surface area contributed by atoms with Crippen molar-refractivity contribution in [2.75, 3.05) is 0 Å².